The summed E-state index contributed by atoms with van der Waals surface area (Å²) >= 11 is 0. The lowest BCUT2D eigenvalue weighted by Gasteiger charge is -2.21. The Morgan fingerprint density at radius 1 is 1.14 bits per heavy atom. The second-order valence-electron chi connectivity index (χ2n) is 6.99. The van der Waals surface area contributed by atoms with E-state index in [0.717, 1.165) is 12.0 Å². The minimum absolute atomic E-state index is 0.0753. The summed E-state index contributed by atoms with van der Waals surface area (Å²) in [5.41, 5.74) is 1.43. The summed E-state index contributed by atoms with van der Waals surface area (Å²) in [6, 6.07) is 13.4. The Morgan fingerprint density at radius 2 is 1.82 bits per heavy atom. The zero-order chi connectivity index (χ0) is 20.7. The number of nitrogens with one attached hydrogen (secondary N) is 1. The second kappa shape index (κ2) is 9.64. The van der Waals surface area contributed by atoms with Crippen LogP contribution in [0.15, 0.2) is 48.5 Å². The molecule has 0 radical (unpaired) electrons. The number of ether oxygens (including phenoxy) is 1. The highest BCUT2D eigenvalue weighted by Crippen LogP contribution is 2.21. The molecule has 0 aliphatic carbocycles. The van der Waals surface area contributed by atoms with Gasteiger partial charge in [0.1, 0.15) is 0 Å². The van der Waals surface area contributed by atoms with Crippen LogP contribution in [0.3, 0.4) is 0 Å². The maximum atomic E-state index is 12.3. The fourth-order valence-corrected chi connectivity index (χ4v) is 2.87. The molecule has 0 fully saturated rings. The average Bonchev–Trinajstić information content (AvgIpc) is 2.65. The Labute approximate surface area is 163 Å². The van der Waals surface area contributed by atoms with Gasteiger partial charge in [-0.15, -0.1) is 0 Å². The van der Waals surface area contributed by atoms with Gasteiger partial charge in [-0.05, 0) is 37.0 Å². The van der Waals surface area contributed by atoms with Crippen molar-refractivity contribution in [3.8, 4) is 0 Å². The molecule has 7 heteroatoms. The van der Waals surface area contributed by atoms with Crippen LogP contribution in [0.1, 0.15) is 47.8 Å². The Kier molecular flexibility index (Phi) is 7.26. The molecule has 0 aliphatic rings. The van der Waals surface area contributed by atoms with Gasteiger partial charge in [0, 0.05) is 11.6 Å². The van der Waals surface area contributed by atoms with Crippen LogP contribution in [0.2, 0.25) is 0 Å². The van der Waals surface area contributed by atoms with Crippen LogP contribution >= 0.6 is 0 Å². The molecule has 2 rings (SSSR count). The van der Waals surface area contributed by atoms with E-state index in [0.29, 0.717) is 11.5 Å². The van der Waals surface area contributed by atoms with Gasteiger partial charge in [-0.3, -0.25) is 14.9 Å². The standard InChI is InChI=1S/C21H24N2O5/c1-14(2)11-18(16-7-5-4-6-8-16)22-20(24)13-28-21(25)17-9-10-19(23(26)27)15(3)12-17/h4-10,12,14,18H,11,13H2,1-3H3,(H,22,24)/t18-/m0/s1. The highest BCUT2D eigenvalue weighted by Gasteiger charge is 2.19. The van der Waals surface area contributed by atoms with Gasteiger partial charge in [0.25, 0.3) is 11.6 Å². The molecule has 0 aliphatic heterocycles. The van der Waals surface area contributed by atoms with E-state index in [-0.39, 0.29) is 17.3 Å². The topological polar surface area (TPSA) is 98.5 Å². The lowest BCUT2D eigenvalue weighted by atomic mass is 9.97. The highest BCUT2D eigenvalue weighted by atomic mass is 16.6. The average molecular weight is 384 g/mol. The summed E-state index contributed by atoms with van der Waals surface area (Å²) in [5, 5.41) is 13.8. The molecule has 148 valence electrons. The Hall–Kier alpha value is -3.22. The first kappa shape index (κ1) is 21.1. The number of benzene rings is 2. The fourth-order valence-electron chi connectivity index (χ4n) is 2.87. The van der Waals surface area contributed by atoms with Gasteiger partial charge in [0.05, 0.1) is 16.5 Å². The van der Waals surface area contributed by atoms with Crippen molar-refractivity contribution in [2.75, 3.05) is 6.61 Å². The van der Waals surface area contributed by atoms with E-state index in [4.69, 9.17) is 4.74 Å². The molecule has 2 aromatic rings. The summed E-state index contributed by atoms with van der Waals surface area (Å²) in [6.45, 7) is 5.26. The van der Waals surface area contributed by atoms with Crippen LogP contribution in [0, 0.1) is 23.0 Å². The molecule has 0 spiro atoms. The third kappa shape index (κ3) is 5.90. The van der Waals surface area contributed by atoms with E-state index in [1.54, 1.807) is 0 Å². The van der Waals surface area contributed by atoms with Crippen molar-refractivity contribution in [2.45, 2.75) is 33.2 Å². The normalized spacial score (nSPS) is 11.7. The number of nitro benzene ring substituents is 1. The number of carbonyl (C=O) groups excluding carboxylic acids is 2. The maximum Gasteiger partial charge on any atom is 0.338 e. The fraction of sp³-hybridized carbons (Fsp3) is 0.333. The zero-order valence-electron chi connectivity index (χ0n) is 16.2. The van der Waals surface area contributed by atoms with Gasteiger partial charge >= 0.3 is 5.97 Å². The highest BCUT2D eigenvalue weighted by molar-refractivity contribution is 5.91. The number of nitrogens with zero attached hydrogens (tertiary/aromatic N) is 1. The monoisotopic (exact) mass is 384 g/mol. The van der Waals surface area contributed by atoms with E-state index >= 15 is 0 Å². The molecule has 2 aromatic carbocycles. The molecule has 28 heavy (non-hydrogen) atoms. The van der Waals surface area contributed by atoms with Gasteiger partial charge < -0.3 is 10.1 Å². The van der Waals surface area contributed by atoms with Gasteiger partial charge in [-0.2, -0.15) is 0 Å². The predicted molar refractivity (Wildman–Crippen MR) is 105 cm³/mol. The Morgan fingerprint density at radius 3 is 2.39 bits per heavy atom. The zero-order valence-corrected chi connectivity index (χ0v) is 16.2. The number of carbonyl (C=O) groups is 2. The van der Waals surface area contributed by atoms with Gasteiger partial charge in [0.15, 0.2) is 6.61 Å². The van der Waals surface area contributed by atoms with E-state index in [1.807, 2.05) is 30.3 Å². The predicted octanol–water partition coefficient (Wildman–Crippen LogP) is 3.96. The molecule has 0 unspecified atom stereocenters. The van der Waals surface area contributed by atoms with Gasteiger partial charge in [0.2, 0.25) is 0 Å². The number of hydrogen-bond acceptors (Lipinski definition) is 5. The minimum atomic E-state index is -0.701. The van der Waals surface area contributed by atoms with E-state index in [2.05, 4.69) is 19.2 Å². The molecule has 0 heterocycles. The quantitative estimate of drug-likeness (QED) is 0.422. The molecular formula is C21H24N2O5. The molecule has 0 aromatic heterocycles. The Bertz CT molecular complexity index is 849. The first-order chi connectivity index (χ1) is 13.3. The molecule has 7 nitrogen and oxygen atoms in total. The second-order valence-corrected chi connectivity index (χ2v) is 6.99. The summed E-state index contributed by atoms with van der Waals surface area (Å²) in [7, 11) is 0. The van der Waals surface area contributed by atoms with Crippen LogP contribution in [0.5, 0.6) is 0 Å². The molecule has 0 saturated carbocycles. The third-order valence-electron chi connectivity index (χ3n) is 4.21. The first-order valence-electron chi connectivity index (χ1n) is 9.04. The first-order valence-corrected chi connectivity index (χ1v) is 9.04. The molecule has 1 atom stereocenters. The van der Waals surface area contributed by atoms with Gasteiger partial charge in [-0.1, -0.05) is 44.2 Å². The SMILES string of the molecule is Cc1cc(C(=O)OCC(=O)N[C@@H](CC(C)C)c2ccccc2)ccc1[N+](=O)[O-]. The maximum absolute atomic E-state index is 12.3. The number of amides is 1. The number of nitro groups is 1. The third-order valence-corrected chi connectivity index (χ3v) is 4.21. The Balaban J connectivity index is 1.97. The van der Waals surface area contributed by atoms with Crippen LogP contribution in [0.25, 0.3) is 0 Å². The van der Waals surface area contributed by atoms with Crippen molar-refractivity contribution >= 4 is 17.6 Å². The van der Waals surface area contributed by atoms with Crippen molar-refractivity contribution in [3.05, 3.63) is 75.3 Å². The summed E-state index contributed by atoms with van der Waals surface area (Å²) in [6.07, 6.45) is 0.755. The van der Waals surface area contributed by atoms with Crippen LogP contribution in [-0.4, -0.2) is 23.4 Å². The summed E-state index contributed by atoms with van der Waals surface area (Å²) in [5.74, 6) is -0.731. The smallest absolute Gasteiger partial charge is 0.338 e. The summed E-state index contributed by atoms with van der Waals surface area (Å²) in [4.78, 5) is 34.8. The molecule has 1 N–H and O–H groups in total. The van der Waals surface area contributed by atoms with Crippen molar-refractivity contribution < 1.29 is 19.2 Å². The van der Waals surface area contributed by atoms with E-state index in [9.17, 15) is 19.7 Å². The van der Waals surface area contributed by atoms with Crippen LogP contribution in [0.4, 0.5) is 5.69 Å². The van der Waals surface area contributed by atoms with E-state index < -0.39 is 23.4 Å². The molecule has 0 bridgehead atoms. The number of esters is 1. The van der Waals surface area contributed by atoms with Crippen molar-refractivity contribution in [1.82, 2.24) is 5.32 Å². The van der Waals surface area contributed by atoms with Crippen LogP contribution < -0.4 is 5.32 Å². The molecule has 1 amide bonds. The number of rotatable bonds is 8. The molecular weight excluding hydrogens is 360 g/mol. The largest absolute Gasteiger partial charge is 0.452 e. The number of aryl methyl sites for hydroxylation is 1. The summed E-state index contributed by atoms with van der Waals surface area (Å²) < 4.78 is 5.07. The van der Waals surface area contributed by atoms with Crippen molar-refractivity contribution in [1.29, 1.82) is 0 Å². The molecule has 0 saturated heterocycles. The van der Waals surface area contributed by atoms with Crippen molar-refractivity contribution in [3.63, 3.8) is 0 Å². The lowest BCUT2D eigenvalue weighted by molar-refractivity contribution is -0.385. The number of hydrogen-bond donors (Lipinski definition) is 1. The lowest BCUT2D eigenvalue weighted by Crippen LogP contribution is -2.33. The van der Waals surface area contributed by atoms with Crippen LogP contribution in [-0.2, 0) is 9.53 Å². The van der Waals surface area contributed by atoms with E-state index in [1.165, 1.54) is 25.1 Å². The van der Waals surface area contributed by atoms with Crippen molar-refractivity contribution in [2.24, 2.45) is 5.92 Å². The van der Waals surface area contributed by atoms with Gasteiger partial charge in [-0.25, -0.2) is 4.79 Å². The minimum Gasteiger partial charge on any atom is -0.452 e.